The highest BCUT2D eigenvalue weighted by molar-refractivity contribution is 5.85. The molecule has 0 aromatic rings. The van der Waals surface area contributed by atoms with Crippen LogP contribution in [-0.2, 0) is 9.53 Å². The standard InChI is InChI=1S/C11H20N2O2.ClH/c1-2-9-3-4-10(15-9)11(14)13-6-5-8(12)7-13;/h8-10H,2-7,12H2,1H3;1H/t8-,9?,10?;/m1./s1. The summed E-state index contributed by atoms with van der Waals surface area (Å²) in [7, 11) is 0. The van der Waals surface area contributed by atoms with E-state index in [-0.39, 0.29) is 36.6 Å². The van der Waals surface area contributed by atoms with Crippen molar-refractivity contribution in [1.29, 1.82) is 0 Å². The molecular formula is C11H21ClN2O2. The number of hydrogen-bond donors (Lipinski definition) is 1. The van der Waals surface area contributed by atoms with E-state index in [1.165, 1.54) is 0 Å². The lowest BCUT2D eigenvalue weighted by molar-refractivity contribution is -0.141. The van der Waals surface area contributed by atoms with Crippen LogP contribution in [0.25, 0.3) is 0 Å². The van der Waals surface area contributed by atoms with Crippen molar-refractivity contribution >= 4 is 18.3 Å². The Labute approximate surface area is 103 Å². The topological polar surface area (TPSA) is 55.6 Å². The molecule has 2 aliphatic heterocycles. The van der Waals surface area contributed by atoms with Gasteiger partial charge in [0, 0.05) is 19.1 Å². The van der Waals surface area contributed by atoms with Gasteiger partial charge in [0.1, 0.15) is 6.10 Å². The first-order valence-corrected chi connectivity index (χ1v) is 5.90. The summed E-state index contributed by atoms with van der Waals surface area (Å²) in [6.07, 6.45) is 3.92. The van der Waals surface area contributed by atoms with Gasteiger partial charge in [-0.2, -0.15) is 0 Å². The zero-order chi connectivity index (χ0) is 10.8. The van der Waals surface area contributed by atoms with Crippen LogP contribution in [0.4, 0.5) is 0 Å². The summed E-state index contributed by atoms with van der Waals surface area (Å²) < 4.78 is 5.69. The zero-order valence-corrected chi connectivity index (χ0v) is 10.5. The average molecular weight is 249 g/mol. The Morgan fingerprint density at radius 3 is 2.69 bits per heavy atom. The van der Waals surface area contributed by atoms with E-state index < -0.39 is 0 Å². The minimum atomic E-state index is -0.194. The second kappa shape index (κ2) is 5.84. The highest BCUT2D eigenvalue weighted by Crippen LogP contribution is 2.24. The Morgan fingerprint density at radius 2 is 2.19 bits per heavy atom. The average Bonchev–Trinajstić information content (AvgIpc) is 2.84. The van der Waals surface area contributed by atoms with Crippen LogP contribution in [0.3, 0.4) is 0 Å². The normalized spacial score (nSPS) is 33.9. The molecule has 2 saturated heterocycles. The van der Waals surface area contributed by atoms with E-state index in [9.17, 15) is 4.79 Å². The molecule has 2 unspecified atom stereocenters. The maximum Gasteiger partial charge on any atom is 0.251 e. The van der Waals surface area contributed by atoms with Crippen molar-refractivity contribution in [3.8, 4) is 0 Å². The van der Waals surface area contributed by atoms with Gasteiger partial charge in [-0.1, -0.05) is 6.92 Å². The predicted octanol–water partition coefficient (Wildman–Crippen LogP) is 0.925. The highest BCUT2D eigenvalue weighted by atomic mass is 35.5. The summed E-state index contributed by atoms with van der Waals surface area (Å²) in [5, 5.41) is 0. The lowest BCUT2D eigenvalue weighted by Crippen LogP contribution is -2.39. The van der Waals surface area contributed by atoms with Gasteiger partial charge in [-0.25, -0.2) is 0 Å². The molecule has 2 N–H and O–H groups in total. The van der Waals surface area contributed by atoms with Crippen molar-refractivity contribution in [1.82, 2.24) is 4.90 Å². The van der Waals surface area contributed by atoms with E-state index in [1.807, 2.05) is 4.90 Å². The quantitative estimate of drug-likeness (QED) is 0.791. The summed E-state index contributed by atoms with van der Waals surface area (Å²) in [5.74, 6) is 0.152. The lowest BCUT2D eigenvalue weighted by Gasteiger charge is -2.20. The van der Waals surface area contributed by atoms with Crippen molar-refractivity contribution < 1.29 is 9.53 Å². The van der Waals surface area contributed by atoms with Crippen LogP contribution in [-0.4, -0.2) is 42.1 Å². The van der Waals surface area contributed by atoms with E-state index in [0.29, 0.717) is 6.54 Å². The second-order valence-corrected chi connectivity index (χ2v) is 4.57. The maximum atomic E-state index is 12.0. The number of likely N-dealkylation sites (tertiary alicyclic amines) is 1. The summed E-state index contributed by atoms with van der Waals surface area (Å²) in [6, 6.07) is 0.164. The van der Waals surface area contributed by atoms with Crippen LogP contribution in [0, 0.1) is 0 Å². The highest BCUT2D eigenvalue weighted by Gasteiger charge is 2.34. The maximum absolute atomic E-state index is 12.0. The number of halogens is 1. The molecule has 0 aliphatic carbocycles. The Kier molecular flexibility index (Phi) is 5.02. The summed E-state index contributed by atoms with van der Waals surface area (Å²) in [4.78, 5) is 13.9. The number of amides is 1. The van der Waals surface area contributed by atoms with Crippen molar-refractivity contribution in [3.63, 3.8) is 0 Å². The largest absolute Gasteiger partial charge is 0.365 e. The molecule has 2 heterocycles. The third kappa shape index (κ3) is 2.87. The molecule has 2 fully saturated rings. The number of carbonyl (C=O) groups is 1. The molecule has 0 spiro atoms. The first kappa shape index (κ1) is 13.7. The van der Waals surface area contributed by atoms with Crippen LogP contribution >= 0.6 is 12.4 Å². The second-order valence-electron chi connectivity index (χ2n) is 4.57. The molecule has 5 heteroatoms. The van der Waals surface area contributed by atoms with Gasteiger partial charge in [0.05, 0.1) is 6.10 Å². The van der Waals surface area contributed by atoms with E-state index in [1.54, 1.807) is 0 Å². The molecule has 2 aliphatic rings. The molecule has 16 heavy (non-hydrogen) atoms. The summed E-state index contributed by atoms with van der Waals surface area (Å²) in [5.41, 5.74) is 5.78. The first-order chi connectivity index (χ1) is 7.20. The minimum Gasteiger partial charge on any atom is -0.365 e. The van der Waals surface area contributed by atoms with Crippen molar-refractivity contribution in [3.05, 3.63) is 0 Å². The third-order valence-electron chi connectivity index (χ3n) is 3.37. The van der Waals surface area contributed by atoms with Crippen molar-refractivity contribution in [2.24, 2.45) is 5.73 Å². The fourth-order valence-corrected chi connectivity index (χ4v) is 2.38. The number of nitrogens with two attached hydrogens (primary N) is 1. The van der Waals surface area contributed by atoms with E-state index in [2.05, 4.69) is 6.92 Å². The van der Waals surface area contributed by atoms with E-state index >= 15 is 0 Å². The Morgan fingerprint density at radius 1 is 1.44 bits per heavy atom. The number of hydrogen-bond acceptors (Lipinski definition) is 3. The fraction of sp³-hybridized carbons (Fsp3) is 0.909. The molecular weight excluding hydrogens is 228 g/mol. The molecule has 1 amide bonds. The number of ether oxygens (including phenoxy) is 1. The van der Waals surface area contributed by atoms with Gasteiger partial charge in [-0.15, -0.1) is 12.4 Å². The molecule has 2 rings (SSSR count). The molecule has 0 aromatic heterocycles. The lowest BCUT2D eigenvalue weighted by atomic mass is 10.1. The van der Waals surface area contributed by atoms with Gasteiger partial charge in [-0.05, 0) is 25.7 Å². The van der Waals surface area contributed by atoms with Gasteiger partial charge in [0.25, 0.3) is 5.91 Å². The van der Waals surface area contributed by atoms with E-state index in [4.69, 9.17) is 10.5 Å². The van der Waals surface area contributed by atoms with Crippen LogP contribution in [0.2, 0.25) is 0 Å². The van der Waals surface area contributed by atoms with Crippen LogP contribution < -0.4 is 5.73 Å². The monoisotopic (exact) mass is 248 g/mol. The van der Waals surface area contributed by atoms with Crippen molar-refractivity contribution in [2.45, 2.75) is 50.9 Å². The summed E-state index contributed by atoms with van der Waals surface area (Å²) >= 11 is 0. The van der Waals surface area contributed by atoms with Gasteiger partial charge in [0.15, 0.2) is 0 Å². The van der Waals surface area contributed by atoms with Gasteiger partial charge in [-0.3, -0.25) is 4.79 Å². The first-order valence-electron chi connectivity index (χ1n) is 5.90. The van der Waals surface area contributed by atoms with Gasteiger partial charge < -0.3 is 15.4 Å². The molecule has 0 bridgehead atoms. The number of carbonyl (C=O) groups excluding carboxylic acids is 1. The minimum absolute atomic E-state index is 0. The number of rotatable bonds is 2. The molecule has 4 nitrogen and oxygen atoms in total. The molecule has 0 radical (unpaired) electrons. The zero-order valence-electron chi connectivity index (χ0n) is 9.72. The summed E-state index contributed by atoms with van der Waals surface area (Å²) in [6.45, 7) is 3.61. The third-order valence-corrected chi connectivity index (χ3v) is 3.37. The molecule has 0 saturated carbocycles. The van der Waals surface area contributed by atoms with Crippen molar-refractivity contribution in [2.75, 3.05) is 13.1 Å². The predicted molar refractivity (Wildman–Crippen MR) is 64.6 cm³/mol. The van der Waals surface area contributed by atoms with E-state index in [0.717, 1.165) is 32.2 Å². The number of nitrogens with zero attached hydrogens (tertiary/aromatic N) is 1. The van der Waals surface area contributed by atoms with Gasteiger partial charge in [0.2, 0.25) is 0 Å². The van der Waals surface area contributed by atoms with Crippen LogP contribution in [0.1, 0.15) is 32.6 Å². The SMILES string of the molecule is CCC1CCC(C(=O)N2CC[C@@H](N)C2)O1.Cl. The van der Waals surface area contributed by atoms with Crippen LogP contribution in [0.5, 0.6) is 0 Å². The Hall–Kier alpha value is -0.320. The Bertz CT molecular complexity index is 250. The van der Waals surface area contributed by atoms with Crippen LogP contribution in [0.15, 0.2) is 0 Å². The smallest absolute Gasteiger partial charge is 0.251 e. The molecule has 3 atom stereocenters. The Balaban J connectivity index is 0.00000128. The van der Waals surface area contributed by atoms with Gasteiger partial charge >= 0.3 is 0 Å². The molecule has 94 valence electrons. The molecule has 0 aromatic carbocycles. The fourth-order valence-electron chi connectivity index (χ4n) is 2.38.